The highest BCUT2D eigenvalue weighted by Crippen LogP contribution is 2.35. The molecule has 2 aliphatic carbocycles. The normalized spacial score (nSPS) is 22.4. The molecule has 1 amide bonds. The van der Waals surface area contributed by atoms with E-state index in [0.717, 1.165) is 30.6 Å². The van der Waals surface area contributed by atoms with Crippen molar-refractivity contribution in [3.8, 4) is 0 Å². The summed E-state index contributed by atoms with van der Waals surface area (Å²) in [6.07, 6.45) is 5.39. The SMILES string of the molecule is CC1CCc2sc(C(=O)NC(CC(=O)O)C3CC3)cc2C1. The van der Waals surface area contributed by atoms with Crippen molar-refractivity contribution in [1.29, 1.82) is 0 Å². The van der Waals surface area contributed by atoms with Crippen LogP contribution >= 0.6 is 11.3 Å². The molecule has 0 spiro atoms. The Morgan fingerprint density at radius 3 is 2.86 bits per heavy atom. The van der Waals surface area contributed by atoms with Gasteiger partial charge in [-0.15, -0.1) is 11.3 Å². The summed E-state index contributed by atoms with van der Waals surface area (Å²) in [4.78, 5) is 25.4. The molecule has 1 saturated carbocycles. The van der Waals surface area contributed by atoms with Gasteiger partial charge >= 0.3 is 5.97 Å². The largest absolute Gasteiger partial charge is 0.481 e. The molecular weight excluding hydrogens is 286 g/mol. The molecule has 0 bridgehead atoms. The van der Waals surface area contributed by atoms with Gasteiger partial charge in [0.1, 0.15) is 0 Å². The summed E-state index contributed by atoms with van der Waals surface area (Å²) in [7, 11) is 0. The monoisotopic (exact) mass is 307 g/mol. The number of aliphatic carboxylic acids is 1. The van der Waals surface area contributed by atoms with Crippen molar-refractivity contribution in [1.82, 2.24) is 5.32 Å². The predicted octanol–water partition coefficient (Wildman–Crippen LogP) is 2.86. The molecule has 0 aromatic carbocycles. The number of aryl methyl sites for hydroxylation is 1. The summed E-state index contributed by atoms with van der Waals surface area (Å²) >= 11 is 1.58. The van der Waals surface area contributed by atoms with Crippen molar-refractivity contribution in [3.63, 3.8) is 0 Å². The zero-order valence-electron chi connectivity index (χ0n) is 12.2. The van der Waals surface area contributed by atoms with Gasteiger partial charge < -0.3 is 10.4 Å². The molecule has 2 atom stereocenters. The number of thiophene rings is 1. The molecule has 5 heteroatoms. The van der Waals surface area contributed by atoms with Gasteiger partial charge in [-0.2, -0.15) is 0 Å². The summed E-state index contributed by atoms with van der Waals surface area (Å²) in [5, 5.41) is 11.9. The van der Waals surface area contributed by atoms with Crippen LogP contribution in [0, 0.1) is 11.8 Å². The lowest BCUT2D eigenvalue weighted by Gasteiger charge is -2.16. The first-order valence-electron chi connectivity index (χ1n) is 7.67. The number of nitrogens with one attached hydrogen (secondary N) is 1. The van der Waals surface area contributed by atoms with Gasteiger partial charge in [-0.1, -0.05) is 6.92 Å². The summed E-state index contributed by atoms with van der Waals surface area (Å²) < 4.78 is 0. The highest BCUT2D eigenvalue weighted by atomic mass is 32.1. The highest BCUT2D eigenvalue weighted by molar-refractivity contribution is 7.14. The van der Waals surface area contributed by atoms with Crippen LogP contribution in [0.2, 0.25) is 0 Å². The maximum Gasteiger partial charge on any atom is 0.305 e. The number of hydrogen-bond donors (Lipinski definition) is 2. The first-order chi connectivity index (χ1) is 10.0. The van der Waals surface area contributed by atoms with Crippen molar-refractivity contribution in [2.24, 2.45) is 11.8 Å². The van der Waals surface area contributed by atoms with Gasteiger partial charge in [-0.25, -0.2) is 0 Å². The smallest absolute Gasteiger partial charge is 0.305 e. The first-order valence-corrected chi connectivity index (χ1v) is 8.49. The van der Waals surface area contributed by atoms with Crippen LogP contribution < -0.4 is 5.32 Å². The lowest BCUT2D eigenvalue weighted by atomic mass is 9.90. The van der Waals surface area contributed by atoms with E-state index in [1.165, 1.54) is 16.9 Å². The molecule has 4 nitrogen and oxygen atoms in total. The van der Waals surface area contributed by atoms with Crippen LogP contribution in [0.1, 0.15) is 52.7 Å². The van der Waals surface area contributed by atoms with Crippen molar-refractivity contribution in [2.45, 2.75) is 51.5 Å². The van der Waals surface area contributed by atoms with Crippen LogP contribution in [0.4, 0.5) is 0 Å². The van der Waals surface area contributed by atoms with Gasteiger partial charge in [0.25, 0.3) is 5.91 Å². The Labute approximate surface area is 128 Å². The molecule has 114 valence electrons. The minimum Gasteiger partial charge on any atom is -0.481 e. The average molecular weight is 307 g/mol. The van der Waals surface area contributed by atoms with Crippen LogP contribution in [0.15, 0.2) is 6.07 Å². The Balaban J connectivity index is 1.68. The zero-order chi connectivity index (χ0) is 15.0. The zero-order valence-corrected chi connectivity index (χ0v) is 13.0. The lowest BCUT2D eigenvalue weighted by Crippen LogP contribution is -2.37. The van der Waals surface area contributed by atoms with Gasteiger partial charge in [0, 0.05) is 10.9 Å². The standard InChI is InChI=1S/C16H21NO3S/c1-9-2-5-13-11(6-9)7-14(21-13)16(20)17-12(8-15(18)19)10-3-4-10/h7,9-10,12H,2-6,8H2,1H3,(H,17,20)(H,18,19). The summed E-state index contributed by atoms with van der Waals surface area (Å²) in [6.45, 7) is 2.25. The minimum atomic E-state index is -0.841. The van der Waals surface area contributed by atoms with E-state index in [-0.39, 0.29) is 18.4 Å². The molecule has 3 rings (SSSR count). The number of carbonyl (C=O) groups excluding carboxylic acids is 1. The molecular formula is C16H21NO3S. The fourth-order valence-corrected chi connectivity index (χ4v) is 4.19. The van der Waals surface area contributed by atoms with Crippen molar-refractivity contribution in [3.05, 3.63) is 21.4 Å². The third-order valence-electron chi connectivity index (χ3n) is 4.46. The maximum atomic E-state index is 12.4. The number of hydrogen-bond acceptors (Lipinski definition) is 3. The van der Waals surface area contributed by atoms with Gasteiger partial charge in [-0.05, 0) is 55.6 Å². The second-order valence-electron chi connectivity index (χ2n) is 6.42. The molecule has 2 unspecified atom stereocenters. The quantitative estimate of drug-likeness (QED) is 0.879. The third-order valence-corrected chi connectivity index (χ3v) is 5.69. The van der Waals surface area contributed by atoms with Crippen molar-refractivity contribution < 1.29 is 14.7 Å². The van der Waals surface area contributed by atoms with Crippen LogP contribution in [0.3, 0.4) is 0 Å². The van der Waals surface area contributed by atoms with E-state index in [4.69, 9.17) is 5.11 Å². The minimum absolute atomic E-state index is 0.0263. The number of carboxylic acid groups (broad SMARTS) is 1. The Morgan fingerprint density at radius 2 is 2.19 bits per heavy atom. The maximum absolute atomic E-state index is 12.4. The van der Waals surface area contributed by atoms with E-state index in [2.05, 4.69) is 12.2 Å². The van der Waals surface area contributed by atoms with E-state index in [1.807, 2.05) is 6.07 Å². The summed E-state index contributed by atoms with van der Waals surface area (Å²) in [5.74, 6) is 0.0978. The molecule has 1 fully saturated rings. The van der Waals surface area contributed by atoms with Crippen LogP contribution in [-0.2, 0) is 17.6 Å². The summed E-state index contributed by atoms with van der Waals surface area (Å²) in [6, 6.07) is 1.79. The molecule has 21 heavy (non-hydrogen) atoms. The molecule has 1 heterocycles. The number of carbonyl (C=O) groups is 2. The molecule has 1 aromatic rings. The van der Waals surface area contributed by atoms with Gasteiger partial charge in [-0.3, -0.25) is 9.59 Å². The molecule has 2 aliphatic rings. The Kier molecular flexibility index (Phi) is 4.02. The van der Waals surface area contributed by atoms with Gasteiger partial charge in [0.2, 0.25) is 0 Å². The Bertz CT molecular complexity index is 562. The van der Waals surface area contributed by atoms with E-state index in [1.54, 1.807) is 11.3 Å². The number of fused-ring (bicyclic) bond motifs is 1. The van der Waals surface area contributed by atoms with E-state index >= 15 is 0 Å². The molecule has 2 N–H and O–H groups in total. The highest BCUT2D eigenvalue weighted by Gasteiger charge is 2.34. The Hall–Kier alpha value is -1.36. The Morgan fingerprint density at radius 1 is 1.43 bits per heavy atom. The van der Waals surface area contributed by atoms with E-state index in [0.29, 0.717) is 11.8 Å². The molecule has 1 aromatic heterocycles. The topological polar surface area (TPSA) is 66.4 Å². The van der Waals surface area contributed by atoms with Crippen LogP contribution in [0.25, 0.3) is 0 Å². The van der Waals surface area contributed by atoms with Gasteiger partial charge in [0.15, 0.2) is 0 Å². The molecule has 0 aliphatic heterocycles. The van der Waals surface area contributed by atoms with Crippen molar-refractivity contribution >= 4 is 23.2 Å². The lowest BCUT2D eigenvalue weighted by molar-refractivity contribution is -0.137. The van der Waals surface area contributed by atoms with Crippen LogP contribution in [-0.4, -0.2) is 23.0 Å². The second kappa shape index (κ2) is 5.79. The fourth-order valence-electron chi connectivity index (χ4n) is 3.08. The molecule has 0 radical (unpaired) electrons. The second-order valence-corrected chi connectivity index (χ2v) is 7.56. The number of rotatable bonds is 5. The predicted molar refractivity (Wildman–Crippen MR) is 81.7 cm³/mol. The fraction of sp³-hybridized carbons (Fsp3) is 0.625. The first kappa shape index (κ1) is 14.6. The van der Waals surface area contributed by atoms with Crippen LogP contribution in [0.5, 0.6) is 0 Å². The van der Waals surface area contributed by atoms with Crippen molar-refractivity contribution in [2.75, 3.05) is 0 Å². The van der Waals surface area contributed by atoms with Gasteiger partial charge in [0.05, 0.1) is 11.3 Å². The average Bonchev–Trinajstić information content (AvgIpc) is 3.17. The molecule has 0 saturated heterocycles. The number of amides is 1. The summed E-state index contributed by atoms with van der Waals surface area (Å²) in [5.41, 5.74) is 1.31. The third kappa shape index (κ3) is 3.46. The number of carboxylic acids is 1. The van der Waals surface area contributed by atoms with E-state index in [9.17, 15) is 9.59 Å². The van der Waals surface area contributed by atoms with E-state index < -0.39 is 5.97 Å².